The molecule has 0 saturated carbocycles. The van der Waals surface area contributed by atoms with Gasteiger partial charge in [0, 0.05) is 25.2 Å². The molecule has 8 heteroatoms. The van der Waals surface area contributed by atoms with E-state index in [0.29, 0.717) is 0 Å². The number of hydrogen-bond acceptors (Lipinski definition) is 5. The van der Waals surface area contributed by atoms with Gasteiger partial charge in [0.25, 0.3) is 11.6 Å². The van der Waals surface area contributed by atoms with Crippen molar-refractivity contribution in [1.29, 1.82) is 0 Å². The van der Waals surface area contributed by atoms with Crippen LogP contribution in [0.1, 0.15) is 24.2 Å². The lowest BCUT2D eigenvalue weighted by Crippen LogP contribution is -2.42. The summed E-state index contributed by atoms with van der Waals surface area (Å²) in [6.45, 7) is 3.31. The first-order chi connectivity index (χ1) is 9.69. The van der Waals surface area contributed by atoms with Gasteiger partial charge in [0.05, 0.1) is 10.3 Å². The van der Waals surface area contributed by atoms with Gasteiger partial charge >= 0.3 is 0 Å². The minimum Gasteiger partial charge on any atom is -0.383 e. The number of amides is 2. The number of primary amides is 1. The summed E-state index contributed by atoms with van der Waals surface area (Å²) in [5, 5.41) is 16.1. The summed E-state index contributed by atoms with van der Waals surface area (Å²) in [5.41, 5.74) is 4.72. The summed E-state index contributed by atoms with van der Waals surface area (Å²) < 4.78 is 0. The normalized spacial score (nSPS) is 10.8. The molecule has 8 nitrogen and oxygen atoms in total. The average Bonchev–Trinajstić information content (AvgIpc) is 2.43. The second-order valence-electron chi connectivity index (χ2n) is 5.17. The zero-order chi connectivity index (χ0) is 16.2. The number of rotatable bonds is 6. The van der Waals surface area contributed by atoms with Crippen molar-refractivity contribution in [1.82, 2.24) is 5.32 Å². The number of nitrogens with two attached hydrogens (primary N) is 1. The molecule has 114 valence electrons. The van der Waals surface area contributed by atoms with E-state index in [-0.39, 0.29) is 23.5 Å². The van der Waals surface area contributed by atoms with E-state index in [1.54, 1.807) is 13.8 Å². The lowest BCUT2D eigenvalue weighted by Gasteiger charge is -2.20. The topological polar surface area (TPSA) is 127 Å². The van der Waals surface area contributed by atoms with Crippen molar-refractivity contribution in [2.24, 2.45) is 11.1 Å². The molecule has 0 saturated heterocycles. The number of nitro groups is 1. The van der Waals surface area contributed by atoms with Gasteiger partial charge in [0.15, 0.2) is 0 Å². The summed E-state index contributed by atoms with van der Waals surface area (Å²) in [5.74, 6) is -0.960. The summed E-state index contributed by atoms with van der Waals surface area (Å²) in [4.78, 5) is 33.4. The molecule has 0 bridgehead atoms. The summed E-state index contributed by atoms with van der Waals surface area (Å²) in [7, 11) is 1.53. The lowest BCUT2D eigenvalue weighted by atomic mass is 9.92. The third kappa shape index (κ3) is 3.91. The number of anilines is 1. The van der Waals surface area contributed by atoms with Crippen molar-refractivity contribution < 1.29 is 14.5 Å². The summed E-state index contributed by atoms with van der Waals surface area (Å²) in [6.07, 6.45) is 0. The summed E-state index contributed by atoms with van der Waals surface area (Å²) in [6, 6.07) is 3.98. The highest BCUT2D eigenvalue weighted by Gasteiger charge is 2.26. The molecule has 0 aliphatic heterocycles. The predicted octanol–water partition coefficient (Wildman–Crippen LogP) is 0.878. The first-order valence-corrected chi connectivity index (χ1v) is 6.23. The number of carbonyl (C=O) groups is 2. The van der Waals surface area contributed by atoms with Crippen LogP contribution in [0.25, 0.3) is 0 Å². The molecule has 0 atom stereocenters. The van der Waals surface area contributed by atoms with Crippen LogP contribution in [0, 0.1) is 15.5 Å². The van der Waals surface area contributed by atoms with Crippen molar-refractivity contribution in [2.75, 3.05) is 18.9 Å². The molecule has 4 N–H and O–H groups in total. The maximum Gasteiger partial charge on any atom is 0.292 e. The highest BCUT2D eigenvalue weighted by molar-refractivity contribution is 5.96. The monoisotopic (exact) mass is 294 g/mol. The van der Waals surface area contributed by atoms with Gasteiger partial charge in [0.1, 0.15) is 5.69 Å². The molecule has 1 aromatic carbocycles. The van der Waals surface area contributed by atoms with E-state index >= 15 is 0 Å². The van der Waals surface area contributed by atoms with E-state index in [9.17, 15) is 19.7 Å². The van der Waals surface area contributed by atoms with Crippen LogP contribution in [0.3, 0.4) is 0 Å². The molecule has 0 aliphatic rings. The van der Waals surface area contributed by atoms with Gasteiger partial charge in [-0.1, -0.05) is 0 Å². The van der Waals surface area contributed by atoms with Gasteiger partial charge in [-0.2, -0.15) is 0 Å². The maximum absolute atomic E-state index is 12.0. The Morgan fingerprint density at radius 3 is 2.48 bits per heavy atom. The number of hydrogen-bond donors (Lipinski definition) is 3. The fourth-order valence-corrected chi connectivity index (χ4v) is 1.53. The van der Waals surface area contributed by atoms with E-state index < -0.39 is 22.2 Å². The molecule has 1 rings (SSSR count). The highest BCUT2D eigenvalue weighted by atomic mass is 16.6. The van der Waals surface area contributed by atoms with E-state index in [2.05, 4.69) is 10.6 Å². The standard InChI is InChI=1S/C13H18N4O4/c1-13(2,12(14)19)7-16-11(18)8-4-5-10(17(20)21)9(6-8)15-3/h4-6,15H,7H2,1-3H3,(H2,14,19)(H,16,18). The van der Waals surface area contributed by atoms with Crippen LogP contribution in [-0.4, -0.2) is 30.3 Å². The average molecular weight is 294 g/mol. The number of nitro benzene ring substituents is 1. The Kier molecular flexibility index (Phi) is 4.85. The van der Waals surface area contributed by atoms with E-state index in [1.807, 2.05) is 0 Å². The van der Waals surface area contributed by atoms with E-state index in [4.69, 9.17) is 5.73 Å². The molecule has 0 aliphatic carbocycles. The van der Waals surface area contributed by atoms with Crippen molar-refractivity contribution in [3.8, 4) is 0 Å². The Balaban J connectivity index is 2.89. The fraction of sp³-hybridized carbons (Fsp3) is 0.385. The quantitative estimate of drug-likeness (QED) is 0.530. The van der Waals surface area contributed by atoms with Crippen LogP contribution >= 0.6 is 0 Å². The van der Waals surface area contributed by atoms with Crippen molar-refractivity contribution in [2.45, 2.75) is 13.8 Å². The second kappa shape index (κ2) is 6.21. The molecule has 0 aromatic heterocycles. The first-order valence-electron chi connectivity index (χ1n) is 6.23. The van der Waals surface area contributed by atoms with E-state index in [0.717, 1.165) is 0 Å². The van der Waals surface area contributed by atoms with Gasteiger partial charge in [-0.15, -0.1) is 0 Å². The zero-order valence-corrected chi connectivity index (χ0v) is 12.1. The number of nitrogens with zero attached hydrogens (tertiary/aromatic N) is 1. The van der Waals surface area contributed by atoms with Crippen molar-refractivity contribution >= 4 is 23.2 Å². The van der Waals surface area contributed by atoms with Gasteiger partial charge < -0.3 is 16.4 Å². The third-order valence-electron chi connectivity index (χ3n) is 3.08. The molecule has 21 heavy (non-hydrogen) atoms. The Labute approximate surface area is 121 Å². The molecular weight excluding hydrogens is 276 g/mol. The second-order valence-corrected chi connectivity index (χ2v) is 5.17. The Bertz CT molecular complexity index is 584. The van der Waals surface area contributed by atoms with E-state index in [1.165, 1.54) is 25.2 Å². The summed E-state index contributed by atoms with van der Waals surface area (Å²) >= 11 is 0. The molecular formula is C13H18N4O4. The molecule has 2 amide bonds. The number of nitrogens with one attached hydrogen (secondary N) is 2. The van der Waals surface area contributed by atoms with Gasteiger partial charge in [-0.25, -0.2) is 0 Å². The molecule has 1 aromatic rings. The van der Waals surface area contributed by atoms with Gasteiger partial charge in [0.2, 0.25) is 5.91 Å². The van der Waals surface area contributed by atoms with Gasteiger partial charge in [-0.05, 0) is 26.0 Å². The number of carbonyl (C=O) groups excluding carboxylic acids is 2. The SMILES string of the molecule is CNc1cc(C(=O)NCC(C)(C)C(N)=O)ccc1[N+](=O)[O-]. The van der Waals surface area contributed by atoms with Crippen molar-refractivity contribution in [3.05, 3.63) is 33.9 Å². The first kappa shape index (κ1) is 16.4. The maximum atomic E-state index is 12.0. The smallest absolute Gasteiger partial charge is 0.292 e. The molecule has 0 unspecified atom stereocenters. The van der Waals surface area contributed by atoms with Gasteiger partial charge in [-0.3, -0.25) is 19.7 Å². The minimum absolute atomic E-state index is 0.0764. The third-order valence-corrected chi connectivity index (χ3v) is 3.08. The highest BCUT2D eigenvalue weighted by Crippen LogP contribution is 2.25. The predicted molar refractivity (Wildman–Crippen MR) is 78.0 cm³/mol. The minimum atomic E-state index is -0.873. The zero-order valence-electron chi connectivity index (χ0n) is 12.1. The van der Waals surface area contributed by atoms with Crippen LogP contribution < -0.4 is 16.4 Å². The lowest BCUT2D eigenvalue weighted by molar-refractivity contribution is -0.383. The molecule has 0 radical (unpaired) electrons. The van der Waals surface area contributed by atoms with Crippen LogP contribution in [-0.2, 0) is 4.79 Å². The van der Waals surface area contributed by atoms with Crippen LogP contribution in [0.5, 0.6) is 0 Å². The fourth-order valence-electron chi connectivity index (χ4n) is 1.53. The molecule has 0 heterocycles. The van der Waals surface area contributed by atoms with Crippen LogP contribution in [0.2, 0.25) is 0 Å². The Morgan fingerprint density at radius 1 is 1.38 bits per heavy atom. The largest absolute Gasteiger partial charge is 0.383 e. The Hall–Kier alpha value is -2.64. The molecule has 0 spiro atoms. The van der Waals surface area contributed by atoms with Crippen LogP contribution in [0.4, 0.5) is 11.4 Å². The molecule has 0 fully saturated rings. The number of benzene rings is 1. The van der Waals surface area contributed by atoms with Crippen molar-refractivity contribution in [3.63, 3.8) is 0 Å². The van der Waals surface area contributed by atoms with Crippen LogP contribution in [0.15, 0.2) is 18.2 Å². The Morgan fingerprint density at radius 2 is 2.00 bits per heavy atom.